The summed E-state index contributed by atoms with van der Waals surface area (Å²) in [6, 6.07) is 13.6. The minimum absolute atomic E-state index is 0.0844. The number of hydrogen-bond donors (Lipinski definition) is 1. The number of fused-ring (bicyclic) bond motifs is 1. The van der Waals surface area contributed by atoms with Gasteiger partial charge >= 0.3 is 0 Å². The Bertz CT molecular complexity index is 1160. The molecule has 2 aromatic heterocycles. The quantitative estimate of drug-likeness (QED) is 0.725. The first-order valence-electron chi connectivity index (χ1n) is 10.1. The topological polar surface area (TPSA) is 85.1 Å². The predicted octanol–water partition coefficient (Wildman–Crippen LogP) is 2.47. The maximum atomic E-state index is 13.0. The Labute approximate surface area is 175 Å². The number of aromatic nitrogens is 2. The van der Waals surface area contributed by atoms with E-state index in [1.54, 1.807) is 24.2 Å². The molecule has 1 N–H and O–H groups in total. The number of nitriles is 1. The summed E-state index contributed by atoms with van der Waals surface area (Å²) in [6.07, 6.45) is 3.51. The SMILES string of the molecule is CN(C(=O)c1cc2ccn(C)c(=O)c2[nH]1)C1CCN(Cc2ccc(C#N)cc2)CC1. The van der Waals surface area contributed by atoms with Crippen LogP contribution in [0.25, 0.3) is 10.9 Å². The summed E-state index contributed by atoms with van der Waals surface area (Å²) in [7, 11) is 3.54. The van der Waals surface area contributed by atoms with Gasteiger partial charge in [-0.1, -0.05) is 12.1 Å². The number of likely N-dealkylation sites (tertiary alicyclic amines) is 1. The van der Waals surface area contributed by atoms with Crippen molar-refractivity contribution in [3.8, 4) is 6.07 Å². The van der Waals surface area contributed by atoms with Gasteiger partial charge in [-0.25, -0.2) is 0 Å². The molecule has 3 aromatic rings. The summed E-state index contributed by atoms with van der Waals surface area (Å²) in [4.78, 5) is 32.4. The van der Waals surface area contributed by atoms with Crippen molar-refractivity contribution in [3.63, 3.8) is 0 Å². The molecule has 0 unspecified atom stereocenters. The maximum absolute atomic E-state index is 13.0. The fourth-order valence-corrected chi connectivity index (χ4v) is 4.09. The molecular weight excluding hydrogens is 378 g/mol. The second-order valence-corrected chi connectivity index (χ2v) is 7.98. The second kappa shape index (κ2) is 8.17. The lowest BCUT2D eigenvalue weighted by molar-refractivity contribution is 0.0631. The minimum atomic E-state index is -0.134. The highest BCUT2D eigenvalue weighted by molar-refractivity contribution is 5.97. The summed E-state index contributed by atoms with van der Waals surface area (Å²) >= 11 is 0. The van der Waals surface area contributed by atoms with Crippen molar-refractivity contribution in [2.45, 2.75) is 25.4 Å². The lowest BCUT2D eigenvalue weighted by atomic mass is 10.0. The third-order valence-electron chi connectivity index (χ3n) is 6.00. The Morgan fingerprint density at radius 3 is 2.60 bits per heavy atom. The molecule has 0 atom stereocenters. The molecule has 1 saturated heterocycles. The van der Waals surface area contributed by atoms with E-state index in [0.717, 1.165) is 37.9 Å². The molecule has 1 fully saturated rings. The third-order valence-corrected chi connectivity index (χ3v) is 6.00. The van der Waals surface area contributed by atoms with Crippen LogP contribution in [0.2, 0.25) is 0 Å². The monoisotopic (exact) mass is 403 g/mol. The number of rotatable bonds is 4. The van der Waals surface area contributed by atoms with Gasteiger partial charge in [0.05, 0.1) is 11.6 Å². The smallest absolute Gasteiger partial charge is 0.274 e. The van der Waals surface area contributed by atoms with Gasteiger partial charge in [0.15, 0.2) is 0 Å². The number of nitrogens with one attached hydrogen (secondary N) is 1. The molecule has 0 aliphatic carbocycles. The van der Waals surface area contributed by atoms with Crippen molar-refractivity contribution < 1.29 is 4.79 Å². The van der Waals surface area contributed by atoms with Crippen molar-refractivity contribution in [3.05, 3.63) is 69.8 Å². The van der Waals surface area contributed by atoms with Gasteiger partial charge in [-0.2, -0.15) is 5.26 Å². The number of H-pyrrole nitrogens is 1. The second-order valence-electron chi connectivity index (χ2n) is 7.98. The van der Waals surface area contributed by atoms with Gasteiger partial charge in [-0.15, -0.1) is 0 Å². The zero-order valence-corrected chi connectivity index (χ0v) is 17.3. The largest absolute Gasteiger partial charge is 0.346 e. The normalized spacial score (nSPS) is 15.2. The van der Waals surface area contributed by atoms with Crippen LogP contribution in [0.5, 0.6) is 0 Å². The van der Waals surface area contributed by atoms with E-state index >= 15 is 0 Å². The number of pyridine rings is 1. The summed E-state index contributed by atoms with van der Waals surface area (Å²) < 4.78 is 1.50. The van der Waals surface area contributed by atoms with E-state index in [9.17, 15) is 9.59 Å². The molecule has 30 heavy (non-hydrogen) atoms. The predicted molar refractivity (Wildman–Crippen MR) is 115 cm³/mol. The highest BCUT2D eigenvalue weighted by Crippen LogP contribution is 2.20. The summed E-state index contributed by atoms with van der Waals surface area (Å²) in [5.74, 6) is -0.0844. The first kappa shape index (κ1) is 19.9. The number of amides is 1. The highest BCUT2D eigenvalue weighted by atomic mass is 16.2. The number of aryl methyl sites for hydroxylation is 1. The zero-order valence-electron chi connectivity index (χ0n) is 17.3. The number of carbonyl (C=O) groups excluding carboxylic acids is 1. The van der Waals surface area contributed by atoms with Gasteiger partial charge in [0.25, 0.3) is 11.5 Å². The van der Waals surface area contributed by atoms with Crippen LogP contribution >= 0.6 is 0 Å². The average molecular weight is 403 g/mol. The number of nitrogens with zero attached hydrogens (tertiary/aromatic N) is 4. The van der Waals surface area contributed by atoms with Crippen molar-refractivity contribution in [1.82, 2.24) is 19.4 Å². The third kappa shape index (κ3) is 3.87. The molecule has 0 bridgehead atoms. The van der Waals surface area contributed by atoms with Crippen LogP contribution in [0.15, 0.2) is 47.4 Å². The Morgan fingerprint density at radius 1 is 1.23 bits per heavy atom. The molecule has 0 spiro atoms. The molecule has 4 rings (SSSR count). The standard InChI is InChI=1S/C23H25N5O2/c1-26-10-7-18-13-20(25-21(18)23(26)30)22(29)27(2)19-8-11-28(12-9-19)15-17-5-3-16(14-24)4-6-17/h3-7,10,13,19,25H,8-9,11-12,15H2,1-2H3. The number of piperidine rings is 1. The fraction of sp³-hybridized carbons (Fsp3) is 0.348. The van der Waals surface area contributed by atoms with Gasteiger partial charge in [-0.3, -0.25) is 14.5 Å². The van der Waals surface area contributed by atoms with E-state index < -0.39 is 0 Å². The van der Waals surface area contributed by atoms with Gasteiger partial charge in [0.2, 0.25) is 0 Å². The summed E-state index contributed by atoms with van der Waals surface area (Å²) in [5, 5.41) is 9.67. The van der Waals surface area contributed by atoms with Crippen molar-refractivity contribution in [2.75, 3.05) is 20.1 Å². The molecule has 7 nitrogen and oxygen atoms in total. The van der Waals surface area contributed by atoms with Gasteiger partial charge in [-0.05, 0) is 42.7 Å². The van der Waals surface area contributed by atoms with Gasteiger partial charge < -0.3 is 14.5 Å². The Morgan fingerprint density at radius 2 is 1.93 bits per heavy atom. The fourth-order valence-electron chi connectivity index (χ4n) is 4.09. The molecule has 0 radical (unpaired) electrons. The zero-order chi connectivity index (χ0) is 21.3. The lowest BCUT2D eigenvalue weighted by Gasteiger charge is -2.36. The van der Waals surface area contributed by atoms with Crippen LogP contribution in [0.3, 0.4) is 0 Å². The first-order valence-corrected chi connectivity index (χ1v) is 10.1. The Kier molecular flexibility index (Phi) is 5.42. The van der Waals surface area contributed by atoms with Gasteiger partial charge in [0.1, 0.15) is 11.2 Å². The molecule has 3 heterocycles. The molecule has 1 amide bonds. The van der Waals surface area contributed by atoms with E-state index in [0.29, 0.717) is 16.8 Å². The van der Waals surface area contributed by atoms with Crippen LogP contribution in [-0.4, -0.2) is 51.4 Å². The van der Waals surface area contributed by atoms with E-state index in [4.69, 9.17) is 5.26 Å². The van der Waals surface area contributed by atoms with E-state index in [-0.39, 0.29) is 17.5 Å². The maximum Gasteiger partial charge on any atom is 0.274 e. The summed E-state index contributed by atoms with van der Waals surface area (Å²) in [6.45, 7) is 2.67. The van der Waals surface area contributed by atoms with Crippen LogP contribution < -0.4 is 5.56 Å². The molecule has 154 valence electrons. The average Bonchev–Trinajstić information content (AvgIpc) is 3.21. The number of hydrogen-bond acceptors (Lipinski definition) is 4. The molecule has 1 aliphatic heterocycles. The molecule has 1 aromatic carbocycles. The lowest BCUT2D eigenvalue weighted by Crippen LogP contribution is -2.45. The summed E-state index contributed by atoms with van der Waals surface area (Å²) in [5.41, 5.74) is 2.65. The van der Waals surface area contributed by atoms with Crippen molar-refractivity contribution in [1.29, 1.82) is 5.26 Å². The Hall–Kier alpha value is -3.37. The minimum Gasteiger partial charge on any atom is -0.346 e. The molecule has 7 heteroatoms. The Balaban J connectivity index is 1.38. The number of aromatic amines is 1. The van der Waals surface area contributed by atoms with Gasteiger partial charge in [0, 0.05) is 51.4 Å². The van der Waals surface area contributed by atoms with E-state index in [2.05, 4.69) is 16.0 Å². The molecular formula is C23H25N5O2. The highest BCUT2D eigenvalue weighted by Gasteiger charge is 2.27. The number of carbonyl (C=O) groups is 1. The van der Waals surface area contributed by atoms with Crippen LogP contribution in [0.1, 0.15) is 34.5 Å². The molecule has 0 saturated carbocycles. The van der Waals surface area contributed by atoms with E-state index in [1.165, 1.54) is 10.1 Å². The van der Waals surface area contributed by atoms with Crippen molar-refractivity contribution in [2.24, 2.45) is 7.05 Å². The molecule has 1 aliphatic rings. The van der Waals surface area contributed by atoms with Crippen LogP contribution in [-0.2, 0) is 13.6 Å². The van der Waals surface area contributed by atoms with Crippen molar-refractivity contribution >= 4 is 16.8 Å². The first-order chi connectivity index (χ1) is 14.5. The van der Waals surface area contributed by atoms with E-state index in [1.807, 2.05) is 37.4 Å². The number of benzene rings is 1. The van der Waals surface area contributed by atoms with Crippen LogP contribution in [0, 0.1) is 11.3 Å². The van der Waals surface area contributed by atoms with Crippen LogP contribution in [0.4, 0.5) is 0 Å².